The highest BCUT2D eigenvalue weighted by Crippen LogP contribution is 2.41. The van der Waals surface area contributed by atoms with Gasteiger partial charge in [-0.3, -0.25) is 0 Å². The van der Waals surface area contributed by atoms with Crippen LogP contribution in [0.3, 0.4) is 0 Å². The van der Waals surface area contributed by atoms with E-state index in [1.165, 1.54) is 43.1 Å². The predicted octanol–water partition coefficient (Wildman–Crippen LogP) is 1.80. The molecule has 31 heavy (non-hydrogen) atoms. The maximum Gasteiger partial charge on any atom is 0.206 e. The van der Waals surface area contributed by atoms with E-state index in [-0.39, 0.29) is 21.5 Å². The number of benzene rings is 1. The summed E-state index contributed by atoms with van der Waals surface area (Å²) in [4.78, 5) is 11.4. The van der Waals surface area contributed by atoms with Crippen LogP contribution in [-0.4, -0.2) is 55.3 Å². The number of nitrogens with zero attached hydrogens (tertiary/aromatic N) is 3. The van der Waals surface area contributed by atoms with E-state index in [4.69, 9.17) is 32.8 Å². The van der Waals surface area contributed by atoms with Crippen LogP contribution in [0.2, 0.25) is 10.0 Å². The second kappa shape index (κ2) is 8.05. The molecule has 4 rings (SSSR count). The number of H-pyrrole nitrogens is 1. The maximum absolute atomic E-state index is 14.7. The highest BCUT2D eigenvalue weighted by molar-refractivity contribution is 6.42. The minimum absolute atomic E-state index is 0.00864. The van der Waals surface area contributed by atoms with Gasteiger partial charge < -0.3 is 34.4 Å². The number of aliphatic hydroxyl groups excluding tert-OH is 2. The summed E-state index contributed by atoms with van der Waals surface area (Å²) in [7, 11) is 1.30. The number of nitrogens with one attached hydrogen (secondary N) is 1. The third-order valence-corrected chi connectivity index (χ3v) is 6.09. The van der Waals surface area contributed by atoms with Gasteiger partial charge in [-0.05, 0) is 24.6 Å². The minimum atomic E-state index is -1.76. The second-order valence-corrected chi connectivity index (χ2v) is 8.13. The van der Waals surface area contributed by atoms with Crippen LogP contribution in [0.4, 0.5) is 4.39 Å². The number of aromatic nitrogens is 3. The summed E-state index contributed by atoms with van der Waals surface area (Å²) in [6.45, 7) is 1.41. The number of ether oxygens (including phenoxy) is 1. The molecule has 9 nitrogen and oxygen atoms in total. The summed E-state index contributed by atoms with van der Waals surface area (Å²) in [5, 5.41) is 36.7. The molecule has 1 aliphatic heterocycles. The average Bonchev–Trinajstić information content (AvgIpc) is 3.22. The molecule has 1 saturated heterocycles. The van der Waals surface area contributed by atoms with E-state index in [0.29, 0.717) is 10.6 Å². The monoisotopic (exact) mass is 472 g/mol. The lowest BCUT2D eigenvalue weighted by molar-refractivity contribution is -0.135. The van der Waals surface area contributed by atoms with Gasteiger partial charge in [0.15, 0.2) is 12.0 Å². The first kappa shape index (κ1) is 22.0. The molecule has 1 fully saturated rings. The predicted molar refractivity (Wildman–Crippen MR) is 109 cm³/mol. The normalized spacial score (nSPS) is 26.4. The first-order valence-corrected chi connectivity index (χ1v) is 9.92. The molecule has 0 saturated carbocycles. The average molecular weight is 473 g/mol. The van der Waals surface area contributed by atoms with Crippen molar-refractivity contribution in [2.45, 2.75) is 37.1 Å². The van der Waals surface area contributed by atoms with Crippen LogP contribution in [-0.2, 0) is 15.2 Å². The first-order valence-electron chi connectivity index (χ1n) is 9.17. The Balaban J connectivity index is 1.75. The fourth-order valence-corrected chi connectivity index (χ4v) is 4.06. The van der Waals surface area contributed by atoms with Gasteiger partial charge in [0.1, 0.15) is 42.1 Å². The van der Waals surface area contributed by atoms with Crippen LogP contribution in [0.15, 0.2) is 35.9 Å². The van der Waals surface area contributed by atoms with Gasteiger partial charge in [-0.2, -0.15) is 0 Å². The molecule has 0 aliphatic carbocycles. The SMILES string of the molecule is CON=c1nc[nH]c2c1c(F)cn2[C@@H]1O[C@H](C(C)(O)c2ccc(Cl)c(Cl)c2)[C@@H](O)[C@H]1O. The lowest BCUT2D eigenvalue weighted by Gasteiger charge is -2.32. The quantitative estimate of drug-likeness (QED) is 0.429. The molecular formula is C19H19Cl2FN4O5. The molecule has 0 spiro atoms. The number of hydrogen-bond donors (Lipinski definition) is 4. The first-order chi connectivity index (χ1) is 14.7. The molecule has 166 valence electrons. The molecule has 1 aromatic carbocycles. The number of aliphatic hydroxyl groups is 3. The highest BCUT2D eigenvalue weighted by Gasteiger charge is 2.52. The van der Waals surface area contributed by atoms with Crippen molar-refractivity contribution in [3.63, 3.8) is 0 Å². The van der Waals surface area contributed by atoms with E-state index in [2.05, 4.69) is 15.1 Å². The molecule has 0 bridgehead atoms. The fraction of sp³-hybridized carbons (Fsp3) is 0.368. The Morgan fingerprint density at radius 3 is 2.71 bits per heavy atom. The van der Waals surface area contributed by atoms with Gasteiger partial charge >= 0.3 is 0 Å². The Bertz CT molecular complexity index is 1200. The van der Waals surface area contributed by atoms with Crippen molar-refractivity contribution in [3.05, 3.63) is 57.6 Å². The van der Waals surface area contributed by atoms with Crippen molar-refractivity contribution in [1.29, 1.82) is 0 Å². The zero-order chi connectivity index (χ0) is 22.5. The van der Waals surface area contributed by atoms with Crippen LogP contribution in [0.1, 0.15) is 18.7 Å². The molecule has 1 unspecified atom stereocenters. The Morgan fingerprint density at radius 2 is 2.03 bits per heavy atom. The van der Waals surface area contributed by atoms with Crippen molar-refractivity contribution in [3.8, 4) is 0 Å². The molecule has 1 aliphatic rings. The standard InChI is InChI=1S/C19H19Cl2FN4O5/c1-19(29,8-3-4-9(20)10(21)5-8)15-13(27)14(28)18(31-15)26-6-11(22)12-16(25-30-2)23-7-24-17(12)26/h3-7,13-15,18,27-29H,1-2H3,(H,23,24,25)/t13-,14+,15-,18+,19?/m0/s1. The number of hydrogen-bond acceptors (Lipinski definition) is 7. The molecule has 3 aromatic rings. The molecule has 12 heteroatoms. The highest BCUT2D eigenvalue weighted by atomic mass is 35.5. The zero-order valence-electron chi connectivity index (χ0n) is 16.3. The number of fused-ring (bicyclic) bond motifs is 1. The summed E-state index contributed by atoms with van der Waals surface area (Å²) in [6.07, 6.45) is -3.13. The summed E-state index contributed by atoms with van der Waals surface area (Å²) in [6, 6.07) is 4.48. The molecule has 5 atom stereocenters. The van der Waals surface area contributed by atoms with Crippen LogP contribution in [0, 0.1) is 5.82 Å². The molecule has 2 aromatic heterocycles. The Labute approximate surface area is 185 Å². The van der Waals surface area contributed by atoms with Crippen molar-refractivity contribution in [2.75, 3.05) is 7.11 Å². The van der Waals surface area contributed by atoms with E-state index in [1.54, 1.807) is 0 Å². The van der Waals surface area contributed by atoms with E-state index in [0.717, 1.165) is 6.20 Å². The van der Waals surface area contributed by atoms with Gasteiger partial charge in [-0.15, -0.1) is 0 Å². The third kappa shape index (κ3) is 3.59. The Kier molecular flexibility index (Phi) is 5.71. The van der Waals surface area contributed by atoms with E-state index < -0.39 is 36.0 Å². The van der Waals surface area contributed by atoms with Crippen molar-refractivity contribution >= 4 is 34.2 Å². The Morgan fingerprint density at radius 1 is 1.29 bits per heavy atom. The largest absolute Gasteiger partial charge is 0.397 e. The van der Waals surface area contributed by atoms with Gasteiger partial charge in [0, 0.05) is 6.20 Å². The minimum Gasteiger partial charge on any atom is -0.397 e. The maximum atomic E-state index is 14.7. The lowest BCUT2D eigenvalue weighted by Crippen LogP contribution is -2.45. The van der Waals surface area contributed by atoms with Gasteiger partial charge in [0.05, 0.1) is 16.4 Å². The number of aromatic amines is 1. The second-order valence-electron chi connectivity index (χ2n) is 7.31. The van der Waals surface area contributed by atoms with Gasteiger partial charge in [0.25, 0.3) is 0 Å². The fourth-order valence-electron chi connectivity index (χ4n) is 3.76. The van der Waals surface area contributed by atoms with Crippen molar-refractivity contribution in [2.24, 2.45) is 5.16 Å². The van der Waals surface area contributed by atoms with Crippen LogP contribution in [0.5, 0.6) is 0 Å². The van der Waals surface area contributed by atoms with Gasteiger partial charge in [-0.1, -0.05) is 34.4 Å². The molecule has 4 N–H and O–H groups in total. The molecule has 0 amide bonds. The van der Waals surface area contributed by atoms with E-state index >= 15 is 0 Å². The zero-order valence-corrected chi connectivity index (χ0v) is 17.8. The van der Waals surface area contributed by atoms with Crippen molar-refractivity contribution in [1.82, 2.24) is 14.5 Å². The number of halogens is 3. The van der Waals surface area contributed by atoms with E-state index in [1.807, 2.05) is 0 Å². The van der Waals surface area contributed by atoms with Gasteiger partial charge in [0.2, 0.25) is 5.49 Å². The van der Waals surface area contributed by atoms with Crippen LogP contribution < -0.4 is 5.49 Å². The third-order valence-electron chi connectivity index (χ3n) is 5.35. The lowest BCUT2D eigenvalue weighted by atomic mass is 9.87. The topological polar surface area (TPSA) is 125 Å². The van der Waals surface area contributed by atoms with Crippen LogP contribution in [0.25, 0.3) is 11.0 Å². The summed E-state index contributed by atoms with van der Waals surface area (Å²) in [5.74, 6) is -0.694. The number of rotatable bonds is 4. The van der Waals surface area contributed by atoms with E-state index in [9.17, 15) is 19.7 Å². The van der Waals surface area contributed by atoms with Gasteiger partial charge in [-0.25, -0.2) is 9.37 Å². The van der Waals surface area contributed by atoms with Crippen molar-refractivity contribution < 1.29 is 29.3 Å². The smallest absolute Gasteiger partial charge is 0.206 e. The summed E-state index contributed by atoms with van der Waals surface area (Å²) in [5.41, 5.74) is -1.26. The summed E-state index contributed by atoms with van der Waals surface area (Å²) >= 11 is 12.0. The Hall–Kier alpha value is -2.21. The summed E-state index contributed by atoms with van der Waals surface area (Å²) < 4.78 is 21.8. The molecule has 0 radical (unpaired) electrons. The van der Waals surface area contributed by atoms with Crippen LogP contribution >= 0.6 is 23.2 Å². The molecule has 3 heterocycles. The molecular weight excluding hydrogens is 454 g/mol.